The van der Waals surface area contributed by atoms with Crippen molar-refractivity contribution in [3.8, 4) is 11.4 Å². The molecule has 4 aromatic heterocycles. The Labute approximate surface area is 248 Å². The highest BCUT2D eigenvalue weighted by Gasteiger charge is 2.21. The van der Waals surface area contributed by atoms with Crippen LogP contribution in [-0.2, 0) is 0 Å². The van der Waals surface area contributed by atoms with E-state index in [4.69, 9.17) is 0 Å². The predicted molar refractivity (Wildman–Crippen MR) is 183 cm³/mol. The maximum atomic E-state index is 2.47. The van der Waals surface area contributed by atoms with E-state index in [-0.39, 0.29) is 0 Å². The van der Waals surface area contributed by atoms with E-state index < -0.39 is 0 Å². The summed E-state index contributed by atoms with van der Waals surface area (Å²) < 4.78 is 10.4. The number of fused-ring (bicyclic) bond motifs is 12. The van der Waals surface area contributed by atoms with Crippen molar-refractivity contribution in [1.29, 1.82) is 0 Å². The molecule has 0 amide bonds. The van der Waals surface area contributed by atoms with Crippen LogP contribution in [0.15, 0.2) is 133 Å². The van der Waals surface area contributed by atoms with Gasteiger partial charge < -0.3 is 9.13 Å². The van der Waals surface area contributed by atoms with Crippen LogP contribution >= 0.6 is 22.7 Å². The number of aromatic nitrogens is 2. The molecule has 0 aliphatic carbocycles. The minimum atomic E-state index is 1.18. The average Bonchev–Trinajstić information content (AvgIpc) is 3.77. The van der Waals surface area contributed by atoms with Crippen molar-refractivity contribution in [2.45, 2.75) is 0 Å². The predicted octanol–water partition coefficient (Wildman–Crippen LogP) is 11.5. The van der Waals surface area contributed by atoms with Crippen molar-refractivity contribution in [3.63, 3.8) is 0 Å². The molecule has 6 aromatic carbocycles. The fourth-order valence-electron chi connectivity index (χ4n) is 6.97. The summed E-state index contributed by atoms with van der Waals surface area (Å²) in [7, 11) is 0. The molecule has 0 radical (unpaired) electrons. The average molecular weight is 571 g/mol. The summed E-state index contributed by atoms with van der Waals surface area (Å²) in [6, 6.07) is 48.9. The standard InChI is InChI=1S/C38H22N2S2/c1-2-10-23(11-3-1)40-30-15-7-4-12-25(30)26-19-20-32-35(36(26)40)27-13-5-8-16-31(27)39(32)24-18-21-34-29(22-24)38-37(42-34)28-14-6-9-17-33(28)41-38/h1-22H. The van der Waals surface area contributed by atoms with Crippen LogP contribution < -0.4 is 0 Å². The number of nitrogens with zero attached hydrogens (tertiary/aromatic N) is 2. The molecular formula is C38H22N2S2. The third kappa shape index (κ3) is 2.93. The van der Waals surface area contributed by atoms with Gasteiger partial charge in [-0.3, -0.25) is 0 Å². The van der Waals surface area contributed by atoms with Crippen molar-refractivity contribution < 1.29 is 0 Å². The molecule has 0 saturated carbocycles. The molecule has 0 fully saturated rings. The number of para-hydroxylation sites is 3. The van der Waals surface area contributed by atoms with Gasteiger partial charge in [-0.2, -0.15) is 0 Å². The maximum Gasteiger partial charge on any atom is 0.0641 e. The van der Waals surface area contributed by atoms with Gasteiger partial charge in [-0.05, 0) is 54.6 Å². The van der Waals surface area contributed by atoms with Gasteiger partial charge in [0.05, 0.1) is 31.5 Å². The Morgan fingerprint density at radius 2 is 1.02 bits per heavy atom. The molecule has 42 heavy (non-hydrogen) atoms. The van der Waals surface area contributed by atoms with Crippen molar-refractivity contribution >= 4 is 95.9 Å². The SMILES string of the molecule is c1ccc(-n2c3ccccc3c3ccc4c(c5ccccc5n4-c4ccc5sc6c7ccccc7sc6c5c4)c32)cc1. The van der Waals surface area contributed by atoms with Crippen molar-refractivity contribution in [2.75, 3.05) is 0 Å². The smallest absolute Gasteiger partial charge is 0.0641 e. The first-order valence-electron chi connectivity index (χ1n) is 14.2. The lowest BCUT2D eigenvalue weighted by Gasteiger charge is -2.10. The molecule has 4 heterocycles. The summed E-state index contributed by atoms with van der Waals surface area (Å²) in [6.45, 7) is 0. The first kappa shape index (κ1) is 22.8. The molecule has 0 spiro atoms. The first-order chi connectivity index (χ1) is 20.8. The number of hydrogen-bond donors (Lipinski definition) is 0. The van der Waals surface area contributed by atoms with Gasteiger partial charge in [0.1, 0.15) is 0 Å². The van der Waals surface area contributed by atoms with E-state index in [9.17, 15) is 0 Å². The van der Waals surface area contributed by atoms with Gasteiger partial charge in [0.15, 0.2) is 0 Å². The molecule has 2 nitrogen and oxygen atoms in total. The van der Waals surface area contributed by atoms with E-state index in [1.165, 1.54) is 84.6 Å². The second-order valence-corrected chi connectivity index (χ2v) is 13.0. The molecule has 4 heteroatoms. The topological polar surface area (TPSA) is 9.86 Å². The normalized spacial score (nSPS) is 12.3. The Kier molecular flexibility index (Phi) is 4.51. The zero-order valence-corrected chi connectivity index (χ0v) is 24.0. The second-order valence-electron chi connectivity index (χ2n) is 10.9. The summed E-state index contributed by atoms with van der Waals surface area (Å²) in [5.74, 6) is 0. The zero-order valence-electron chi connectivity index (χ0n) is 22.4. The fraction of sp³-hybridized carbons (Fsp3) is 0. The van der Waals surface area contributed by atoms with Crippen LogP contribution in [0.1, 0.15) is 0 Å². The summed E-state index contributed by atoms with van der Waals surface area (Å²) >= 11 is 3.83. The Morgan fingerprint density at radius 3 is 1.86 bits per heavy atom. The van der Waals surface area contributed by atoms with E-state index in [0.29, 0.717) is 0 Å². The molecule has 10 rings (SSSR count). The second kappa shape index (κ2) is 8.32. The Morgan fingerprint density at radius 1 is 0.381 bits per heavy atom. The van der Waals surface area contributed by atoms with Gasteiger partial charge in [-0.1, -0.05) is 78.9 Å². The van der Waals surface area contributed by atoms with Gasteiger partial charge in [0.2, 0.25) is 0 Å². The van der Waals surface area contributed by atoms with E-state index in [1.54, 1.807) is 0 Å². The van der Waals surface area contributed by atoms with Crippen LogP contribution in [0.25, 0.3) is 84.6 Å². The highest BCUT2D eigenvalue weighted by Crippen LogP contribution is 2.46. The number of benzene rings is 6. The molecule has 0 unspecified atom stereocenters. The monoisotopic (exact) mass is 570 g/mol. The summed E-state index contributed by atoms with van der Waals surface area (Å²) in [5, 5.41) is 7.84. The Balaban J connectivity index is 1.35. The van der Waals surface area contributed by atoms with E-state index in [1.807, 2.05) is 22.7 Å². The lowest BCUT2D eigenvalue weighted by molar-refractivity contribution is 1.18. The molecule has 196 valence electrons. The van der Waals surface area contributed by atoms with E-state index >= 15 is 0 Å². The van der Waals surface area contributed by atoms with Gasteiger partial charge in [0.25, 0.3) is 0 Å². The van der Waals surface area contributed by atoms with Crippen molar-refractivity contribution in [1.82, 2.24) is 9.13 Å². The van der Waals surface area contributed by atoms with Crippen LogP contribution in [0.3, 0.4) is 0 Å². The first-order valence-corrected chi connectivity index (χ1v) is 15.8. The molecule has 0 bridgehead atoms. The number of thiophene rings is 2. The Hall–Kier alpha value is -4.90. The summed E-state index contributed by atoms with van der Waals surface area (Å²) in [4.78, 5) is 0. The molecule has 0 saturated heterocycles. The van der Waals surface area contributed by atoms with Gasteiger partial charge in [-0.15, -0.1) is 22.7 Å². The van der Waals surface area contributed by atoms with Crippen LogP contribution in [0.4, 0.5) is 0 Å². The molecule has 10 aromatic rings. The molecule has 0 aliphatic heterocycles. The molecule has 0 aliphatic rings. The number of hydrogen-bond acceptors (Lipinski definition) is 2. The number of rotatable bonds is 2. The van der Waals surface area contributed by atoms with Crippen LogP contribution in [0, 0.1) is 0 Å². The zero-order chi connectivity index (χ0) is 27.4. The summed E-state index contributed by atoms with van der Waals surface area (Å²) in [6.07, 6.45) is 0. The van der Waals surface area contributed by atoms with Gasteiger partial charge in [0, 0.05) is 53.1 Å². The van der Waals surface area contributed by atoms with Crippen LogP contribution in [0.2, 0.25) is 0 Å². The lowest BCUT2D eigenvalue weighted by atomic mass is 10.1. The third-order valence-electron chi connectivity index (χ3n) is 8.71. The van der Waals surface area contributed by atoms with Crippen molar-refractivity contribution in [3.05, 3.63) is 133 Å². The van der Waals surface area contributed by atoms with E-state index in [2.05, 4.69) is 143 Å². The van der Waals surface area contributed by atoms with Gasteiger partial charge in [-0.25, -0.2) is 0 Å². The minimum Gasteiger partial charge on any atom is -0.309 e. The van der Waals surface area contributed by atoms with Crippen molar-refractivity contribution in [2.24, 2.45) is 0 Å². The lowest BCUT2D eigenvalue weighted by Crippen LogP contribution is -1.95. The largest absolute Gasteiger partial charge is 0.309 e. The molecular weight excluding hydrogens is 549 g/mol. The van der Waals surface area contributed by atoms with Gasteiger partial charge >= 0.3 is 0 Å². The minimum absolute atomic E-state index is 1.18. The third-order valence-corrected chi connectivity index (χ3v) is 11.2. The Bertz CT molecular complexity index is 2680. The molecule has 0 atom stereocenters. The highest BCUT2D eigenvalue weighted by atomic mass is 32.1. The van der Waals surface area contributed by atoms with Crippen LogP contribution in [0.5, 0.6) is 0 Å². The highest BCUT2D eigenvalue weighted by molar-refractivity contribution is 7.36. The maximum absolute atomic E-state index is 2.47. The van der Waals surface area contributed by atoms with E-state index in [0.717, 1.165) is 0 Å². The molecule has 0 N–H and O–H groups in total. The fourth-order valence-corrected chi connectivity index (χ4v) is 9.59. The van der Waals surface area contributed by atoms with Crippen LogP contribution in [-0.4, -0.2) is 9.13 Å². The quantitative estimate of drug-likeness (QED) is 0.196. The summed E-state index contributed by atoms with van der Waals surface area (Å²) in [5.41, 5.74) is 7.33.